The van der Waals surface area contributed by atoms with Gasteiger partial charge in [0.05, 0.1) is 7.11 Å². The van der Waals surface area contributed by atoms with Crippen LogP contribution in [-0.2, 0) is 20.7 Å². The molecule has 24 heavy (non-hydrogen) atoms. The van der Waals surface area contributed by atoms with E-state index in [0.29, 0.717) is 6.42 Å². The molecule has 0 unspecified atom stereocenters. The standard InChI is InChI=1S/C18H25NO5/c1-12(2)17(18(21)22-3)19-16(20)7-5-4-6-13-8-9-14-15(10-13)24-11-23-14/h8-10,12,17H,4-7,11H2,1-3H3,(H,19,20)/t17-/m0/s1. The molecule has 1 aromatic carbocycles. The van der Waals surface area contributed by atoms with E-state index in [4.69, 9.17) is 14.2 Å². The van der Waals surface area contributed by atoms with Gasteiger partial charge in [0, 0.05) is 6.42 Å². The molecule has 0 fully saturated rings. The van der Waals surface area contributed by atoms with E-state index < -0.39 is 12.0 Å². The van der Waals surface area contributed by atoms with E-state index in [1.165, 1.54) is 7.11 Å². The van der Waals surface area contributed by atoms with Crippen molar-refractivity contribution in [2.75, 3.05) is 13.9 Å². The van der Waals surface area contributed by atoms with Gasteiger partial charge < -0.3 is 19.5 Å². The number of unbranched alkanes of at least 4 members (excludes halogenated alkanes) is 1. The predicted molar refractivity (Wildman–Crippen MR) is 88.9 cm³/mol. The largest absolute Gasteiger partial charge is 0.467 e. The van der Waals surface area contributed by atoms with Crippen molar-refractivity contribution in [3.8, 4) is 11.5 Å². The van der Waals surface area contributed by atoms with E-state index in [-0.39, 0.29) is 18.6 Å². The quantitative estimate of drug-likeness (QED) is 0.583. The molecule has 0 bridgehead atoms. The monoisotopic (exact) mass is 335 g/mol. The Hall–Kier alpha value is -2.24. The third-order valence-electron chi connectivity index (χ3n) is 3.99. The first kappa shape index (κ1) is 18.1. The second-order valence-corrected chi connectivity index (χ2v) is 6.21. The number of carbonyl (C=O) groups is 2. The zero-order chi connectivity index (χ0) is 17.5. The Morgan fingerprint density at radius 1 is 1.21 bits per heavy atom. The summed E-state index contributed by atoms with van der Waals surface area (Å²) in [5.74, 6) is 1.03. The second kappa shape index (κ2) is 8.57. The summed E-state index contributed by atoms with van der Waals surface area (Å²) in [4.78, 5) is 23.6. The first-order chi connectivity index (χ1) is 11.5. The van der Waals surface area contributed by atoms with Crippen LogP contribution in [0, 0.1) is 5.92 Å². The molecule has 1 N–H and O–H groups in total. The van der Waals surface area contributed by atoms with E-state index in [2.05, 4.69) is 5.32 Å². The number of methoxy groups -OCH3 is 1. The van der Waals surface area contributed by atoms with Gasteiger partial charge in [0.2, 0.25) is 12.7 Å². The van der Waals surface area contributed by atoms with Crippen molar-refractivity contribution in [3.63, 3.8) is 0 Å². The number of fused-ring (bicyclic) bond motifs is 1. The molecule has 1 amide bonds. The number of aryl methyl sites for hydroxylation is 1. The maximum absolute atomic E-state index is 12.0. The molecule has 0 aliphatic carbocycles. The Balaban J connectivity index is 1.71. The van der Waals surface area contributed by atoms with Gasteiger partial charge >= 0.3 is 5.97 Å². The van der Waals surface area contributed by atoms with Crippen molar-refractivity contribution in [2.24, 2.45) is 5.92 Å². The number of benzene rings is 1. The fourth-order valence-corrected chi connectivity index (χ4v) is 2.58. The zero-order valence-electron chi connectivity index (χ0n) is 14.5. The Morgan fingerprint density at radius 3 is 2.67 bits per heavy atom. The summed E-state index contributed by atoms with van der Waals surface area (Å²) in [6, 6.07) is 5.32. The molecule has 132 valence electrons. The van der Waals surface area contributed by atoms with Gasteiger partial charge in [-0.05, 0) is 42.9 Å². The second-order valence-electron chi connectivity index (χ2n) is 6.21. The van der Waals surface area contributed by atoms with Crippen molar-refractivity contribution >= 4 is 11.9 Å². The molecule has 6 nitrogen and oxygen atoms in total. The summed E-state index contributed by atoms with van der Waals surface area (Å²) in [6.45, 7) is 4.03. The molecule has 0 saturated heterocycles. The minimum Gasteiger partial charge on any atom is -0.467 e. The molecule has 1 aliphatic rings. The maximum Gasteiger partial charge on any atom is 0.328 e. The molecular formula is C18H25NO5. The number of rotatable bonds is 8. The fourth-order valence-electron chi connectivity index (χ4n) is 2.58. The molecular weight excluding hydrogens is 310 g/mol. The molecule has 0 saturated carbocycles. The van der Waals surface area contributed by atoms with Crippen LogP contribution in [0.2, 0.25) is 0 Å². The third kappa shape index (κ3) is 4.88. The molecule has 0 radical (unpaired) electrons. The zero-order valence-corrected chi connectivity index (χ0v) is 14.5. The molecule has 6 heteroatoms. The highest BCUT2D eigenvalue weighted by Crippen LogP contribution is 2.32. The molecule has 0 spiro atoms. The summed E-state index contributed by atoms with van der Waals surface area (Å²) >= 11 is 0. The van der Waals surface area contributed by atoms with Crippen LogP contribution in [0.5, 0.6) is 11.5 Å². The lowest BCUT2D eigenvalue weighted by Gasteiger charge is -2.19. The Bertz CT molecular complexity index is 585. The average Bonchev–Trinajstić information content (AvgIpc) is 3.03. The molecule has 2 rings (SSSR count). The van der Waals surface area contributed by atoms with E-state index in [1.54, 1.807) is 0 Å². The van der Waals surface area contributed by atoms with Gasteiger partial charge in [0.15, 0.2) is 11.5 Å². The van der Waals surface area contributed by atoms with Gasteiger partial charge in [-0.2, -0.15) is 0 Å². The van der Waals surface area contributed by atoms with Crippen LogP contribution in [0.1, 0.15) is 38.7 Å². The minimum absolute atomic E-state index is 0.00460. The number of hydrogen-bond donors (Lipinski definition) is 1. The summed E-state index contributed by atoms with van der Waals surface area (Å²) in [6.07, 6.45) is 2.91. The van der Waals surface area contributed by atoms with Crippen LogP contribution in [0.25, 0.3) is 0 Å². The minimum atomic E-state index is -0.587. The molecule has 0 aromatic heterocycles. The van der Waals surface area contributed by atoms with Crippen LogP contribution in [0.15, 0.2) is 18.2 Å². The van der Waals surface area contributed by atoms with Gasteiger partial charge in [0.25, 0.3) is 0 Å². The number of nitrogens with one attached hydrogen (secondary N) is 1. The van der Waals surface area contributed by atoms with Crippen molar-refractivity contribution in [1.82, 2.24) is 5.32 Å². The van der Waals surface area contributed by atoms with E-state index in [0.717, 1.165) is 36.3 Å². The van der Waals surface area contributed by atoms with Crippen LogP contribution < -0.4 is 14.8 Å². The number of amides is 1. The van der Waals surface area contributed by atoms with Gasteiger partial charge in [-0.25, -0.2) is 4.79 Å². The van der Waals surface area contributed by atoms with Crippen LogP contribution in [0.4, 0.5) is 0 Å². The molecule has 1 heterocycles. The van der Waals surface area contributed by atoms with Crippen LogP contribution >= 0.6 is 0 Å². The normalized spacial score (nSPS) is 13.7. The SMILES string of the molecule is COC(=O)[C@@H](NC(=O)CCCCc1ccc2c(c1)OCO2)C(C)C. The Labute approximate surface area is 142 Å². The summed E-state index contributed by atoms with van der Waals surface area (Å²) < 4.78 is 15.4. The summed E-state index contributed by atoms with van der Waals surface area (Å²) in [7, 11) is 1.33. The lowest BCUT2D eigenvalue weighted by atomic mass is 10.0. The molecule has 1 aliphatic heterocycles. The molecule has 1 atom stereocenters. The van der Waals surface area contributed by atoms with Gasteiger partial charge in [0.1, 0.15) is 6.04 Å². The Kier molecular flexibility index (Phi) is 6.46. The topological polar surface area (TPSA) is 73.9 Å². The number of esters is 1. The number of carbonyl (C=O) groups excluding carboxylic acids is 2. The van der Waals surface area contributed by atoms with Gasteiger partial charge in [-0.3, -0.25) is 4.79 Å². The molecule has 1 aromatic rings. The van der Waals surface area contributed by atoms with Crippen molar-refractivity contribution < 1.29 is 23.8 Å². The van der Waals surface area contributed by atoms with Gasteiger partial charge in [-0.1, -0.05) is 19.9 Å². The number of ether oxygens (including phenoxy) is 3. The Morgan fingerprint density at radius 2 is 1.96 bits per heavy atom. The highest BCUT2D eigenvalue weighted by atomic mass is 16.7. The lowest BCUT2D eigenvalue weighted by molar-refractivity contribution is -0.146. The van der Waals surface area contributed by atoms with E-state index in [9.17, 15) is 9.59 Å². The highest BCUT2D eigenvalue weighted by molar-refractivity contribution is 5.84. The lowest BCUT2D eigenvalue weighted by Crippen LogP contribution is -2.44. The maximum atomic E-state index is 12.0. The van der Waals surface area contributed by atoms with E-state index >= 15 is 0 Å². The third-order valence-corrected chi connectivity index (χ3v) is 3.99. The smallest absolute Gasteiger partial charge is 0.328 e. The summed E-state index contributed by atoms with van der Waals surface area (Å²) in [5, 5.41) is 2.75. The van der Waals surface area contributed by atoms with Crippen LogP contribution in [0.3, 0.4) is 0 Å². The van der Waals surface area contributed by atoms with E-state index in [1.807, 2.05) is 32.0 Å². The average molecular weight is 335 g/mol. The summed E-state index contributed by atoms with van der Waals surface area (Å²) in [5.41, 5.74) is 1.16. The fraction of sp³-hybridized carbons (Fsp3) is 0.556. The van der Waals surface area contributed by atoms with Crippen molar-refractivity contribution in [1.29, 1.82) is 0 Å². The first-order valence-corrected chi connectivity index (χ1v) is 8.27. The van der Waals surface area contributed by atoms with Crippen molar-refractivity contribution in [3.05, 3.63) is 23.8 Å². The van der Waals surface area contributed by atoms with Crippen LogP contribution in [-0.4, -0.2) is 31.8 Å². The van der Waals surface area contributed by atoms with Crippen molar-refractivity contribution in [2.45, 2.75) is 45.6 Å². The number of hydrogen-bond acceptors (Lipinski definition) is 5. The first-order valence-electron chi connectivity index (χ1n) is 8.27. The van der Waals surface area contributed by atoms with Gasteiger partial charge in [-0.15, -0.1) is 0 Å². The predicted octanol–water partition coefficient (Wildman–Crippen LogP) is 2.44. The highest BCUT2D eigenvalue weighted by Gasteiger charge is 2.24.